The van der Waals surface area contributed by atoms with Gasteiger partial charge in [-0.2, -0.15) is 0 Å². The summed E-state index contributed by atoms with van der Waals surface area (Å²) in [4.78, 5) is 11.8. The first-order chi connectivity index (χ1) is 8.29. The number of alkyl carbamates (subject to hydrolysis) is 1. The maximum absolute atomic E-state index is 11.8. The van der Waals surface area contributed by atoms with Gasteiger partial charge < -0.3 is 20.9 Å². The molecule has 0 aromatic rings. The molecule has 0 saturated carbocycles. The standard InChI is InChI=1S/C13H22N2O3/c1-12(2,3)18-11(17)15-13(8-9-16)7-5-4-6-10(13)14/h4-7,10,16H,8-9,14H2,1-3H3,(H,15,17). The topological polar surface area (TPSA) is 84.6 Å². The average Bonchev–Trinajstić information content (AvgIpc) is 2.20. The number of nitrogens with one attached hydrogen (secondary N) is 1. The zero-order valence-electron chi connectivity index (χ0n) is 11.1. The zero-order valence-corrected chi connectivity index (χ0v) is 11.1. The van der Waals surface area contributed by atoms with E-state index in [1.165, 1.54) is 0 Å². The Morgan fingerprint density at radius 1 is 1.50 bits per heavy atom. The SMILES string of the molecule is CC(C)(C)OC(=O)NC1(CCO)C=CC=CC1N. The lowest BCUT2D eigenvalue weighted by atomic mass is 9.84. The summed E-state index contributed by atoms with van der Waals surface area (Å²) in [6.07, 6.45) is 7.00. The minimum atomic E-state index is -0.786. The van der Waals surface area contributed by atoms with Crippen molar-refractivity contribution < 1.29 is 14.6 Å². The lowest BCUT2D eigenvalue weighted by molar-refractivity contribution is 0.0456. The van der Waals surface area contributed by atoms with Crippen LogP contribution in [0.15, 0.2) is 24.3 Å². The molecular weight excluding hydrogens is 232 g/mol. The van der Waals surface area contributed by atoms with Crippen molar-refractivity contribution in [3.63, 3.8) is 0 Å². The Morgan fingerprint density at radius 2 is 2.17 bits per heavy atom. The van der Waals surface area contributed by atoms with Crippen LogP contribution in [0.1, 0.15) is 27.2 Å². The van der Waals surface area contributed by atoms with Crippen molar-refractivity contribution in [1.29, 1.82) is 0 Å². The Balaban J connectivity index is 2.78. The highest BCUT2D eigenvalue weighted by Crippen LogP contribution is 2.21. The van der Waals surface area contributed by atoms with Gasteiger partial charge in [-0.1, -0.05) is 24.3 Å². The van der Waals surface area contributed by atoms with Crippen LogP contribution in [0, 0.1) is 0 Å². The minimum Gasteiger partial charge on any atom is -0.444 e. The molecule has 1 aliphatic rings. The first-order valence-electron chi connectivity index (χ1n) is 6.03. The van der Waals surface area contributed by atoms with Crippen molar-refractivity contribution in [2.75, 3.05) is 6.61 Å². The highest BCUT2D eigenvalue weighted by atomic mass is 16.6. The normalized spacial score (nSPS) is 27.1. The second-order valence-corrected chi connectivity index (χ2v) is 5.41. The number of amides is 1. The van der Waals surface area contributed by atoms with E-state index >= 15 is 0 Å². The third-order valence-electron chi connectivity index (χ3n) is 2.68. The Morgan fingerprint density at radius 3 is 2.67 bits per heavy atom. The van der Waals surface area contributed by atoms with E-state index in [0.717, 1.165) is 0 Å². The molecule has 102 valence electrons. The van der Waals surface area contributed by atoms with Crippen molar-refractivity contribution in [3.8, 4) is 0 Å². The van der Waals surface area contributed by atoms with Crippen molar-refractivity contribution >= 4 is 6.09 Å². The molecule has 0 radical (unpaired) electrons. The molecule has 1 aliphatic carbocycles. The van der Waals surface area contributed by atoms with Crippen molar-refractivity contribution in [3.05, 3.63) is 24.3 Å². The van der Waals surface area contributed by atoms with Gasteiger partial charge in [-0.25, -0.2) is 4.79 Å². The molecule has 0 spiro atoms. The maximum Gasteiger partial charge on any atom is 0.408 e. The van der Waals surface area contributed by atoms with Gasteiger partial charge in [0.1, 0.15) is 5.60 Å². The van der Waals surface area contributed by atoms with Crippen molar-refractivity contribution in [1.82, 2.24) is 5.32 Å². The number of hydrogen-bond donors (Lipinski definition) is 3. The van der Waals surface area contributed by atoms with Crippen LogP contribution in [-0.2, 0) is 4.74 Å². The zero-order chi connectivity index (χ0) is 13.8. The molecule has 0 bridgehead atoms. The van der Waals surface area contributed by atoms with Crippen LogP contribution in [-0.4, -0.2) is 35.0 Å². The molecule has 4 N–H and O–H groups in total. The number of allylic oxidation sites excluding steroid dienone is 2. The highest BCUT2D eigenvalue weighted by Gasteiger charge is 2.36. The van der Waals surface area contributed by atoms with Gasteiger partial charge in [0.15, 0.2) is 0 Å². The van der Waals surface area contributed by atoms with E-state index in [0.29, 0.717) is 6.42 Å². The van der Waals surface area contributed by atoms with Crippen LogP contribution in [0.4, 0.5) is 4.79 Å². The molecule has 5 nitrogen and oxygen atoms in total. The van der Waals surface area contributed by atoms with Gasteiger partial charge in [0.2, 0.25) is 0 Å². The quantitative estimate of drug-likeness (QED) is 0.703. The van der Waals surface area contributed by atoms with E-state index in [2.05, 4.69) is 5.32 Å². The summed E-state index contributed by atoms with van der Waals surface area (Å²) in [7, 11) is 0. The maximum atomic E-state index is 11.8. The molecule has 0 aromatic heterocycles. The number of aliphatic hydroxyl groups excluding tert-OH is 1. The largest absolute Gasteiger partial charge is 0.444 e. The summed E-state index contributed by atoms with van der Waals surface area (Å²) in [5.74, 6) is 0. The van der Waals surface area contributed by atoms with Crippen LogP contribution in [0.25, 0.3) is 0 Å². The van der Waals surface area contributed by atoms with Crippen molar-refractivity contribution in [2.45, 2.75) is 44.4 Å². The Kier molecular flexibility index (Phi) is 4.53. The van der Waals surface area contributed by atoms with Gasteiger partial charge in [0.25, 0.3) is 0 Å². The summed E-state index contributed by atoms with van der Waals surface area (Å²) in [6.45, 7) is 5.31. The summed E-state index contributed by atoms with van der Waals surface area (Å²) in [5, 5.41) is 11.9. The fraction of sp³-hybridized carbons (Fsp3) is 0.615. The first kappa shape index (κ1) is 14.7. The summed E-state index contributed by atoms with van der Waals surface area (Å²) < 4.78 is 5.21. The number of hydrogen-bond acceptors (Lipinski definition) is 4. The van der Waals surface area contributed by atoms with Crippen LogP contribution < -0.4 is 11.1 Å². The van der Waals surface area contributed by atoms with E-state index in [9.17, 15) is 4.79 Å². The lowest BCUT2D eigenvalue weighted by Gasteiger charge is -2.37. The molecule has 18 heavy (non-hydrogen) atoms. The van der Waals surface area contributed by atoms with Gasteiger partial charge >= 0.3 is 6.09 Å². The minimum absolute atomic E-state index is 0.0678. The summed E-state index contributed by atoms with van der Waals surface area (Å²) in [5.41, 5.74) is 4.64. The number of carbonyl (C=O) groups is 1. The molecule has 0 aromatic carbocycles. The fourth-order valence-electron chi connectivity index (χ4n) is 1.81. The second-order valence-electron chi connectivity index (χ2n) is 5.41. The molecule has 2 unspecified atom stereocenters. The number of aliphatic hydroxyl groups is 1. The summed E-state index contributed by atoms with van der Waals surface area (Å²) in [6, 6.07) is -0.387. The van der Waals surface area contributed by atoms with E-state index in [1.807, 2.05) is 6.08 Å². The number of carbonyl (C=O) groups excluding carboxylic acids is 1. The predicted octanol–water partition coefficient (Wildman–Crippen LogP) is 1.09. The third-order valence-corrected chi connectivity index (χ3v) is 2.68. The molecule has 1 amide bonds. The van der Waals surface area contributed by atoms with E-state index in [1.54, 1.807) is 39.0 Å². The van der Waals surface area contributed by atoms with Gasteiger partial charge in [-0.15, -0.1) is 0 Å². The molecule has 0 saturated heterocycles. The fourth-order valence-corrected chi connectivity index (χ4v) is 1.81. The molecular formula is C13H22N2O3. The van der Waals surface area contributed by atoms with Crippen LogP contribution in [0.3, 0.4) is 0 Å². The van der Waals surface area contributed by atoms with Gasteiger partial charge in [0.05, 0.1) is 11.6 Å². The van der Waals surface area contributed by atoms with Crippen LogP contribution in [0.2, 0.25) is 0 Å². The average molecular weight is 254 g/mol. The van der Waals surface area contributed by atoms with E-state index in [4.69, 9.17) is 15.6 Å². The van der Waals surface area contributed by atoms with Crippen molar-refractivity contribution in [2.24, 2.45) is 5.73 Å². The van der Waals surface area contributed by atoms with Crippen LogP contribution >= 0.6 is 0 Å². The molecule has 0 heterocycles. The van der Waals surface area contributed by atoms with Crippen LogP contribution in [0.5, 0.6) is 0 Å². The van der Waals surface area contributed by atoms with E-state index < -0.39 is 17.2 Å². The smallest absolute Gasteiger partial charge is 0.408 e. The Hall–Kier alpha value is -1.33. The lowest BCUT2D eigenvalue weighted by Crippen LogP contribution is -2.59. The number of nitrogens with two attached hydrogens (primary N) is 1. The molecule has 2 atom stereocenters. The molecule has 1 rings (SSSR count). The Bertz CT molecular complexity index is 358. The van der Waals surface area contributed by atoms with Gasteiger partial charge in [-0.05, 0) is 27.2 Å². The number of ether oxygens (including phenoxy) is 1. The molecule has 0 fully saturated rings. The first-order valence-corrected chi connectivity index (χ1v) is 6.03. The number of rotatable bonds is 3. The van der Waals surface area contributed by atoms with Gasteiger partial charge in [0, 0.05) is 6.61 Å². The summed E-state index contributed by atoms with van der Waals surface area (Å²) >= 11 is 0. The molecule has 0 aliphatic heterocycles. The second kappa shape index (κ2) is 5.54. The molecule has 5 heteroatoms. The van der Waals surface area contributed by atoms with E-state index in [-0.39, 0.29) is 12.6 Å². The van der Waals surface area contributed by atoms with Gasteiger partial charge in [-0.3, -0.25) is 0 Å². The monoisotopic (exact) mass is 254 g/mol. The highest BCUT2D eigenvalue weighted by molar-refractivity contribution is 5.69. The third kappa shape index (κ3) is 3.85. The Labute approximate surface area is 108 Å². The predicted molar refractivity (Wildman–Crippen MR) is 70.1 cm³/mol.